The van der Waals surface area contributed by atoms with Crippen LogP contribution in [0.1, 0.15) is 21.7 Å². The molecule has 1 aromatic heterocycles. The van der Waals surface area contributed by atoms with Gasteiger partial charge in [-0.1, -0.05) is 12.1 Å². The first-order chi connectivity index (χ1) is 8.69. The molecule has 18 heavy (non-hydrogen) atoms. The molecule has 1 amide bonds. The maximum absolute atomic E-state index is 11.9. The molecule has 1 aromatic carbocycles. The summed E-state index contributed by atoms with van der Waals surface area (Å²) in [6, 6.07) is 7.23. The van der Waals surface area contributed by atoms with Crippen molar-refractivity contribution in [2.24, 2.45) is 12.8 Å². The molecule has 1 heterocycles. The molecule has 0 aliphatic heterocycles. The highest BCUT2D eigenvalue weighted by atomic mass is 16.1. The number of nitrogens with one attached hydrogen (secondary N) is 1. The molecule has 0 bridgehead atoms. The summed E-state index contributed by atoms with van der Waals surface area (Å²) in [6.45, 7) is 0.732. The van der Waals surface area contributed by atoms with E-state index >= 15 is 0 Å². The lowest BCUT2D eigenvalue weighted by Crippen LogP contribution is -2.23. The molecule has 6 nitrogen and oxygen atoms in total. The van der Waals surface area contributed by atoms with E-state index in [9.17, 15) is 4.79 Å². The zero-order chi connectivity index (χ0) is 13.0. The van der Waals surface area contributed by atoms with Gasteiger partial charge in [-0.25, -0.2) is 4.98 Å². The third kappa shape index (κ3) is 2.92. The lowest BCUT2D eigenvalue weighted by molar-refractivity contribution is 0.0949. The van der Waals surface area contributed by atoms with Gasteiger partial charge in [0.2, 0.25) is 0 Å². The highest BCUT2D eigenvalue weighted by Gasteiger charge is 2.07. The fourth-order valence-electron chi connectivity index (χ4n) is 1.57. The molecule has 0 atom stereocenters. The van der Waals surface area contributed by atoms with Crippen molar-refractivity contribution < 1.29 is 4.79 Å². The second kappa shape index (κ2) is 5.42. The molecule has 0 saturated heterocycles. The van der Waals surface area contributed by atoms with E-state index in [0.29, 0.717) is 24.5 Å². The van der Waals surface area contributed by atoms with Gasteiger partial charge in [-0.2, -0.15) is 5.10 Å². The van der Waals surface area contributed by atoms with Gasteiger partial charge >= 0.3 is 0 Å². The van der Waals surface area contributed by atoms with Gasteiger partial charge in [-0.3, -0.25) is 9.48 Å². The van der Waals surface area contributed by atoms with Gasteiger partial charge in [-0.15, -0.1) is 0 Å². The van der Waals surface area contributed by atoms with Crippen LogP contribution in [-0.2, 0) is 20.1 Å². The molecular weight excluding hydrogens is 230 g/mol. The lowest BCUT2D eigenvalue weighted by atomic mass is 10.1. The van der Waals surface area contributed by atoms with Crippen molar-refractivity contribution in [3.63, 3.8) is 0 Å². The molecule has 0 unspecified atom stereocenters. The summed E-state index contributed by atoms with van der Waals surface area (Å²) in [6.07, 6.45) is 1.59. The van der Waals surface area contributed by atoms with Gasteiger partial charge in [0.05, 0.1) is 6.54 Å². The monoisotopic (exact) mass is 245 g/mol. The number of aryl methyl sites for hydroxylation is 1. The van der Waals surface area contributed by atoms with Crippen molar-refractivity contribution in [1.29, 1.82) is 0 Å². The fourth-order valence-corrected chi connectivity index (χ4v) is 1.57. The standard InChI is InChI=1S/C12H15N5O/c1-17-8-15-11(16-17)7-14-12(18)10-4-2-3-9(5-10)6-13/h2-5,8H,6-7,13H2,1H3,(H,14,18). The molecule has 0 fully saturated rings. The van der Waals surface area contributed by atoms with Gasteiger partial charge in [0.25, 0.3) is 5.91 Å². The van der Waals surface area contributed by atoms with E-state index in [4.69, 9.17) is 5.73 Å². The number of hydrogen-bond donors (Lipinski definition) is 2. The molecule has 0 aliphatic rings. The lowest BCUT2D eigenvalue weighted by Gasteiger charge is -2.04. The maximum atomic E-state index is 11.9. The normalized spacial score (nSPS) is 10.3. The molecule has 0 radical (unpaired) electrons. The zero-order valence-electron chi connectivity index (χ0n) is 10.1. The number of aromatic nitrogens is 3. The molecule has 0 spiro atoms. The van der Waals surface area contributed by atoms with Gasteiger partial charge in [-0.05, 0) is 17.7 Å². The summed E-state index contributed by atoms with van der Waals surface area (Å²) in [5, 5.41) is 6.84. The second-order valence-corrected chi connectivity index (χ2v) is 3.92. The summed E-state index contributed by atoms with van der Waals surface area (Å²) in [4.78, 5) is 15.9. The van der Waals surface area contributed by atoms with Crippen LogP contribution in [-0.4, -0.2) is 20.7 Å². The molecule has 0 saturated carbocycles. The first-order valence-corrected chi connectivity index (χ1v) is 5.61. The first-order valence-electron chi connectivity index (χ1n) is 5.61. The Morgan fingerprint density at radius 3 is 3.00 bits per heavy atom. The predicted molar refractivity (Wildman–Crippen MR) is 66.5 cm³/mol. The predicted octanol–water partition coefficient (Wildman–Crippen LogP) is 0.204. The Bertz CT molecular complexity index is 549. The van der Waals surface area contributed by atoms with E-state index in [0.717, 1.165) is 5.56 Å². The van der Waals surface area contributed by atoms with Crippen LogP contribution in [0.15, 0.2) is 30.6 Å². The number of rotatable bonds is 4. The smallest absolute Gasteiger partial charge is 0.251 e. The average molecular weight is 245 g/mol. The van der Waals surface area contributed by atoms with E-state index in [2.05, 4.69) is 15.4 Å². The minimum Gasteiger partial charge on any atom is -0.345 e. The van der Waals surface area contributed by atoms with E-state index in [1.54, 1.807) is 30.2 Å². The number of nitrogens with zero attached hydrogens (tertiary/aromatic N) is 3. The molecule has 6 heteroatoms. The number of amides is 1. The molecule has 3 N–H and O–H groups in total. The first kappa shape index (κ1) is 12.3. The molecule has 94 valence electrons. The van der Waals surface area contributed by atoms with Crippen LogP contribution in [0, 0.1) is 0 Å². The van der Waals surface area contributed by atoms with Crippen molar-refractivity contribution in [1.82, 2.24) is 20.1 Å². The molecule has 2 rings (SSSR count). The Hall–Kier alpha value is -2.21. The topological polar surface area (TPSA) is 85.8 Å². The van der Waals surface area contributed by atoms with Crippen LogP contribution in [0.3, 0.4) is 0 Å². The summed E-state index contributed by atoms with van der Waals surface area (Å²) >= 11 is 0. The number of carbonyl (C=O) groups excluding carboxylic acids is 1. The van der Waals surface area contributed by atoms with Crippen LogP contribution in [0.2, 0.25) is 0 Å². The minimum atomic E-state index is -0.155. The van der Waals surface area contributed by atoms with Crippen molar-refractivity contribution in [2.45, 2.75) is 13.1 Å². The summed E-state index contributed by atoms with van der Waals surface area (Å²) in [5.41, 5.74) is 7.05. The van der Waals surface area contributed by atoms with Crippen LogP contribution in [0.4, 0.5) is 0 Å². The maximum Gasteiger partial charge on any atom is 0.251 e. The SMILES string of the molecule is Cn1cnc(CNC(=O)c2cccc(CN)c2)n1. The van der Waals surface area contributed by atoms with Crippen molar-refractivity contribution in [3.05, 3.63) is 47.5 Å². The molecular formula is C12H15N5O. The molecule has 0 aliphatic carbocycles. The summed E-state index contributed by atoms with van der Waals surface area (Å²) in [7, 11) is 1.78. The molecule has 2 aromatic rings. The Labute approximate surface area is 105 Å². The number of nitrogens with two attached hydrogens (primary N) is 1. The van der Waals surface area contributed by atoms with Crippen molar-refractivity contribution in [3.8, 4) is 0 Å². The number of benzene rings is 1. The van der Waals surface area contributed by atoms with E-state index in [-0.39, 0.29) is 5.91 Å². The highest BCUT2D eigenvalue weighted by Crippen LogP contribution is 2.04. The van der Waals surface area contributed by atoms with E-state index < -0.39 is 0 Å². The number of hydrogen-bond acceptors (Lipinski definition) is 4. The van der Waals surface area contributed by atoms with Crippen LogP contribution in [0.5, 0.6) is 0 Å². The summed E-state index contributed by atoms with van der Waals surface area (Å²) in [5.74, 6) is 0.429. The van der Waals surface area contributed by atoms with Crippen molar-refractivity contribution in [2.75, 3.05) is 0 Å². The van der Waals surface area contributed by atoms with E-state index in [1.807, 2.05) is 12.1 Å². The van der Waals surface area contributed by atoms with E-state index in [1.165, 1.54) is 0 Å². The summed E-state index contributed by atoms with van der Waals surface area (Å²) < 4.78 is 1.59. The second-order valence-electron chi connectivity index (χ2n) is 3.92. The number of carbonyl (C=O) groups is 1. The largest absolute Gasteiger partial charge is 0.345 e. The Balaban J connectivity index is 1.99. The van der Waals surface area contributed by atoms with Gasteiger partial charge < -0.3 is 11.1 Å². The Morgan fingerprint density at radius 2 is 2.33 bits per heavy atom. The Morgan fingerprint density at radius 1 is 1.50 bits per heavy atom. The Kier molecular flexibility index (Phi) is 3.69. The van der Waals surface area contributed by atoms with Gasteiger partial charge in [0, 0.05) is 19.2 Å². The minimum absolute atomic E-state index is 0.155. The quantitative estimate of drug-likeness (QED) is 0.806. The fraction of sp³-hybridized carbons (Fsp3) is 0.250. The van der Waals surface area contributed by atoms with Gasteiger partial charge in [0.15, 0.2) is 5.82 Å². The third-order valence-electron chi connectivity index (χ3n) is 2.48. The van der Waals surface area contributed by atoms with Crippen molar-refractivity contribution >= 4 is 5.91 Å². The van der Waals surface area contributed by atoms with Crippen LogP contribution < -0.4 is 11.1 Å². The highest BCUT2D eigenvalue weighted by molar-refractivity contribution is 5.94. The van der Waals surface area contributed by atoms with Gasteiger partial charge in [0.1, 0.15) is 6.33 Å². The third-order valence-corrected chi connectivity index (χ3v) is 2.48. The van der Waals surface area contributed by atoms with Crippen LogP contribution >= 0.6 is 0 Å². The average Bonchev–Trinajstić information content (AvgIpc) is 2.82. The van der Waals surface area contributed by atoms with Crippen LogP contribution in [0.25, 0.3) is 0 Å². The zero-order valence-corrected chi connectivity index (χ0v) is 10.1.